The van der Waals surface area contributed by atoms with Crippen LogP contribution in [0.1, 0.15) is 12.0 Å². The molecule has 0 amide bonds. The number of nitrogens with one attached hydrogen (secondary N) is 1. The number of para-hydroxylation sites is 1. The van der Waals surface area contributed by atoms with Crippen LogP contribution in [0.3, 0.4) is 0 Å². The lowest BCUT2D eigenvalue weighted by Crippen LogP contribution is -2.43. The Morgan fingerprint density at radius 2 is 1.89 bits per heavy atom. The Morgan fingerprint density at radius 1 is 1.11 bits per heavy atom. The number of anilines is 1. The van der Waals surface area contributed by atoms with E-state index in [-0.39, 0.29) is 24.8 Å². The van der Waals surface area contributed by atoms with Gasteiger partial charge in [-0.05, 0) is 24.5 Å². The average Bonchev–Trinajstić information content (AvgIpc) is 2.39. The summed E-state index contributed by atoms with van der Waals surface area (Å²) in [7, 11) is 0. The minimum absolute atomic E-state index is 0. The molecule has 0 aromatic heterocycles. The van der Waals surface area contributed by atoms with E-state index in [1.54, 1.807) is 0 Å². The minimum atomic E-state index is 0. The Morgan fingerprint density at radius 3 is 2.67 bits per heavy atom. The van der Waals surface area contributed by atoms with E-state index in [0.29, 0.717) is 0 Å². The highest BCUT2D eigenvalue weighted by Gasteiger charge is 2.19. The number of aryl methyl sites for hydroxylation is 1. The fourth-order valence-corrected chi connectivity index (χ4v) is 2.53. The van der Waals surface area contributed by atoms with E-state index < -0.39 is 0 Å². The summed E-state index contributed by atoms with van der Waals surface area (Å²) in [5.74, 6) is 1.13. The van der Waals surface area contributed by atoms with Gasteiger partial charge in [0.2, 0.25) is 0 Å². The maximum Gasteiger partial charge on any atom is 0.145 e. The van der Waals surface area contributed by atoms with Gasteiger partial charge in [0.25, 0.3) is 0 Å². The summed E-state index contributed by atoms with van der Waals surface area (Å²) >= 11 is 0. The van der Waals surface area contributed by atoms with E-state index in [1.807, 2.05) is 0 Å². The van der Waals surface area contributed by atoms with Crippen molar-refractivity contribution >= 4 is 30.5 Å². The molecule has 3 nitrogen and oxygen atoms in total. The van der Waals surface area contributed by atoms with Crippen LogP contribution in [0.25, 0.3) is 0 Å². The second-order valence-electron chi connectivity index (χ2n) is 4.45. The molecule has 2 aliphatic heterocycles. The Kier molecular flexibility index (Phi) is 6.06. The van der Waals surface area contributed by atoms with Crippen LogP contribution in [-0.4, -0.2) is 32.8 Å². The van der Waals surface area contributed by atoms with Gasteiger partial charge in [-0.15, -0.1) is 24.8 Å². The highest BCUT2D eigenvalue weighted by Crippen LogP contribution is 2.35. The van der Waals surface area contributed by atoms with Gasteiger partial charge < -0.3 is 15.0 Å². The van der Waals surface area contributed by atoms with Crippen molar-refractivity contribution < 1.29 is 4.74 Å². The molecule has 1 N–H and O–H groups in total. The molecule has 1 saturated heterocycles. The van der Waals surface area contributed by atoms with E-state index in [1.165, 1.54) is 11.3 Å². The van der Waals surface area contributed by atoms with Crippen LogP contribution >= 0.6 is 24.8 Å². The third-order valence-electron chi connectivity index (χ3n) is 3.37. The summed E-state index contributed by atoms with van der Waals surface area (Å²) in [6.45, 7) is 5.18. The van der Waals surface area contributed by atoms with Crippen LogP contribution in [0, 0.1) is 0 Å². The minimum Gasteiger partial charge on any atom is -0.491 e. The van der Waals surface area contributed by atoms with E-state index >= 15 is 0 Å². The molecule has 0 atom stereocenters. The van der Waals surface area contributed by atoms with Gasteiger partial charge in [-0.2, -0.15) is 0 Å². The number of hydrogen-bond donors (Lipinski definition) is 1. The van der Waals surface area contributed by atoms with Gasteiger partial charge in [0, 0.05) is 26.2 Å². The Balaban J connectivity index is 0.000000810. The number of hydrogen-bond acceptors (Lipinski definition) is 3. The van der Waals surface area contributed by atoms with Crippen LogP contribution in [-0.2, 0) is 6.42 Å². The highest BCUT2D eigenvalue weighted by molar-refractivity contribution is 5.85. The van der Waals surface area contributed by atoms with Crippen molar-refractivity contribution in [1.29, 1.82) is 0 Å². The van der Waals surface area contributed by atoms with Crippen molar-refractivity contribution in [3.63, 3.8) is 0 Å². The van der Waals surface area contributed by atoms with Crippen LogP contribution in [0.15, 0.2) is 18.2 Å². The van der Waals surface area contributed by atoms with Gasteiger partial charge >= 0.3 is 0 Å². The predicted octanol–water partition coefficient (Wildman–Crippen LogP) is 2.26. The fourth-order valence-electron chi connectivity index (χ4n) is 2.53. The number of rotatable bonds is 1. The maximum absolute atomic E-state index is 5.85. The topological polar surface area (TPSA) is 24.5 Å². The van der Waals surface area contributed by atoms with E-state index in [0.717, 1.165) is 51.4 Å². The summed E-state index contributed by atoms with van der Waals surface area (Å²) in [6, 6.07) is 6.54. The van der Waals surface area contributed by atoms with Crippen LogP contribution < -0.4 is 15.0 Å². The third kappa shape index (κ3) is 3.02. The first-order valence-corrected chi connectivity index (χ1v) is 6.15. The molecule has 0 spiro atoms. The number of halogens is 2. The summed E-state index contributed by atoms with van der Waals surface area (Å²) in [4.78, 5) is 2.43. The largest absolute Gasteiger partial charge is 0.491 e. The molecule has 1 fully saturated rings. The Hall–Kier alpha value is -0.640. The number of piperazine rings is 1. The van der Waals surface area contributed by atoms with Gasteiger partial charge in [0.15, 0.2) is 0 Å². The van der Waals surface area contributed by atoms with Crippen molar-refractivity contribution in [2.24, 2.45) is 0 Å². The molecule has 2 heterocycles. The summed E-state index contributed by atoms with van der Waals surface area (Å²) in [6.07, 6.45) is 2.31. The molecule has 0 radical (unpaired) electrons. The summed E-state index contributed by atoms with van der Waals surface area (Å²) < 4.78 is 5.85. The van der Waals surface area contributed by atoms with E-state index in [9.17, 15) is 0 Å². The highest BCUT2D eigenvalue weighted by atomic mass is 35.5. The molecule has 0 bridgehead atoms. The van der Waals surface area contributed by atoms with E-state index in [2.05, 4.69) is 28.4 Å². The monoisotopic (exact) mass is 290 g/mol. The van der Waals surface area contributed by atoms with Gasteiger partial charge in [-0.1, -0.05) is 12.1 Å². The normalized spacial score (nSPS) is 17.9. The van der Waals surface area contributed by atoms with Gasteiger partial charge in [-0.3, -0.25) is 0 Å². The number of fused-ring (bicyclic) bond motifs is 1. The number of ether oxygens (including phenoxy) is 1. The van der Waals surface area contributed by atoms with Crippen molar-refractivity contribution in [3.05, 3.63) is 23.8 Å². The average molecular weight is 291 g/mol. The standard InChI is InChI=1S/C13H18N2O.2ClH/c1-3-11-4-2-10-16-13(11)12(5-1)15-8-6-14-7-9-15;;/h1,3,5,14H,2,4,6-10H2;2*1H. The zero-order valence-electron chi connectivity index (χ0n) is 10.4. The molecule has 5 heteroatoms. The third-order valence-corrected chi connectivity index (χ3v) is 3.37. The first kappa shape index (κ1) is 15.4. The zero-order valence-corrected chi connectivity index (χ0v) is 12.0. The zero-order chi connectivity index (χ0) is 10.8. The molecule has 0 saturated carbocycles. The second kappa shape index (κ2) is 7.07. The lowest BCUT2D eigenvalue weighted by Gasteiger charge is -2.32. The first-order valence-electron chi connectivity index (χ1n) is 6.15. The fraction of sp³-hybridized carbons (Fsp3) is 0.538. The molecule has 102 valence electrons. The van der Waals surface area contributed by atoms with Crippen LogP contribution in [0.2, 0.25) is 0 Å². The van der Waals surface area contributed by atoms with Gasteiger partial charge in [-0.25, -0.2) is 0 Å². The van der Waals surface area contributed by atoms with Gasteiger partial charge in [0.05, 0.1) is 12.3 Å². The lowest BCUT2D eigenvalue weighted by molar-refractivity contribution is 0.288. The molecule has 18 heavy (non-hydrogen) atoms. The summed E-state index contributed by atoms with van der Waals surface area (Å²) in [5.41, 5.74) is 2.67. The van der Waals surface area contributed by atoms with Gasteiger partial charge in [0.1, 0.15) is 5.75 Å². The Bertz CT molecular complexity index is 381. The van der Waals surface area contributed by atoms with Crippen molar-refractivity contribution in [2.75, 3.05) is 37.7 Å². The SMILES string of the molecule is Cl.Cl.c1cc2c(c(N3CCNCC3)c1)OCCC2. The molecule has 2 aliphatic rings. The van der Waals surface area contributed by atoms with Crippen molar-refractivity contribution in [2.45, 2.75) is 12.8 Å². The summed E-state index contributed by atoms with van der Waals surface area (Å²) in [5, 5.41) is 3.38. The molecule has 0 unspecified atom stereocenters. The molecule has 1 aromatic rings. The smallest absolute Gasteiger partial charge is 0.145 e. The quantitative estimate of drug-likeness (QED) is 0.859. The molecular formula is C13H20Cl2N2O. The molecule has 1 aromatic carbocycles. The van der Waals surface area contributed by atoms with Crippen LogP contribution in [0.4, 0.5) is 5.69 Å². The second-order valence-corrected chi connectivity index (χ2v) is 4.45. The molecule has 0 aliphatic carbocycles. The Labute approximate surface area is 121 Å². The van der Waals surface area contributed by atoms with Crippen molar-refractivity contribution in [1.82, 2.24) is 5.32 Å². The predicted molar refractivity (Wildman–Crippen MR) is 79.8 cm³/mol. The first-order chi connectivity index (χ1) is 7.95. The maximum atomic E-state index is 5.85. The lowest BCUT2D eigenvalue weighted by atomic mass is 10.0. The van der Waals surface area contributed by atoms with Crippen LogP contribution in [0.5, 0.6) is 5.75 Å². The number of benzene rings is 1. The molecular weight excluding hydrogens is 271 g/mol. The van der Waals surface area contributed by atoms with E-state index in [4.69, 9.17) is 4.74 Å². The van der Waals surface area contributed by atoms with Crippen molar-refractivity contribution in [3.8, 4) is 5.75 Å². The number of nitrogens with zero attached hydrogens (tertiary/aromatic N) is 1. The molecule has 3 rings (SSSR count).